The second-order valence-electron chi connectivity index (χ2n) is 4.82. The quantitative estimate of drug-likeness (QED) is 0.820. The summed E-state index contributed by atoms with van der Waals surface area (Å²) in [6.07, 6.45) is 0.720. The van der Waals surface area contributed by atoms with Gasteiger partial charge in [-0.25, -0.2) is 17.5 Å². The molecule has 114 valence electrons. The number of sulfonamides is 1. The van der Waals surface area contributed by atoms with Crippen LogP contribution in [0.2, 0.25) is 0 Å². The van der Waals surface area contributed by atoms with Crippen molar-refractivity contribution in [1.82, 2.24) is 9.21 Å². The van der Waals surface area contributed by atoms with Crippen LogP contribution >= 0.6 is 11.3 Å². The minimum atomic E-state index is -3.62. The van der Waals surface area contributed by atoms with Gasteiger partial charge in [-0.3, -0.25) is 0 Å². The number of aryl methyl sites for hydroxylation is 1. The van der Waals surface area contributed by atoms with Crippen LogP contribution in [0.15, 0.2) is 11.0 Å². The molecule has 1 heterocycles. The smallest absolute Gasteiger partial charge is 0.345 e. The molecule has 1 N–H and O–H groups in total. The minimum Gasteiger partial charge on any atom is -0.477 e. The second kappa shape index (κ2) is 6.66. The van der Waals surface area contributed by atoms with Crippen LogP contribution in [-0.2, 0) is 10.0 Å². The highest BCUT2D eigenvalue weighted by atomic mass is 32.2. The summed E-state index contributed by atoms with van der Waals surface area (Å²) in [6.45, 7) is 2.82. The van der Waals surface area contributed by atoms with Crippen molar-refractivity contribution in [2.24, 2.45) is 0 Å². The first-order chi connectivity index (χ1) is 9.16. The topological polar surface area (TPSA) is 77.9 Å². The minimum absolute atomic E-state index is 0.0442. The molecule has 0 aromatic carbocycles. The molecule has 1 rings (SSSR count). The lowest BCUT2D eigenvalue weighted by atomic mass is 10.4. The van der Waals surface area contributed by atoms with Gasteiger partial charge in [-0.05, 0) is 40.1 Å². The Bertz CT molecular complexity index is 578. The Hall–Kier alpha value is -0.960. The van der Waals surface area contributed by atoms with E-state index in [0.29, 0.717) is 11.4 Å². The molecule has 0 spiro atoms. The van der Waals surface area contributed by atoms with Crippen molar-refractivity contribution >= 4 is 27.3 Å². The summed E-state index contributed by atoms with van der Waals surface area (Å²) in [5.41, 5.74) is 0. The molecule has 0 fully saturated rings. The van der Waals surface area contributed by atoms with E-state index in [4.69, 9.17) is 5.11 Å². The number of hydrogen-bond acceptors (Lipinski definition) is 5. The molecule has 0 radical (unpaired) electrons. The lowest BCUT2D eigenvalue weighted by Gasteiger charge is -2.18. The molecule has 0 saturated carbocycles. The monoisotopic (exact) mass is 320 g/mol. The van der Waals surface area contributed by atoms with Crippen LogP contribution in [0.25, 0.3) is 0 Å². The number of aromatic carboxylic acids is 1. The highest BCUT2D eigenvalue weighted by molar-refractivity contribution is 7.89. The summed E-state index contributed by atoms with van der Waals surface area (Å²) in [6, 6.07) is 1.24. The van der Waals surface area contributed by atoms with Gasteiger partial charge in [-0.1, -0.05) is 0 Å². The van der Waals surface area contributed by atoms with Crippen molar-refractivity contribution in [3.63, 3.8) is 0 Å². The third-order valence-corrected chi connectivity index (χ3v) is 6.00. The maximum atomic E-state index is 12.4. The highest BCUT2D eigenvalue weighted by Gasteiger charge is 2.26. The lowest BCUT2D eigenvalue weighted by molar-refractivity contribution is 0.0702. The van der Waals surface area contributed by atoms with E-state index in [9.17, 15) is 13.2 Å². The van der Waals surface area contributed by atoms with Gasteiger partial charge < -0.3 is 10.0 Å². The third-order valence-electron chi connectivity index (χ3n) is 2.85. The summed E-state index contributed by atoms with van der Waals surface area (Å²) < 4.78 is 26.1. The van der Waals surface area contributed by atoms with Crippen molar-refractivity contribution in [2.45, 2.75) is 18.2 Å². The van der Waals surface area contributed by atoms with Gasteiger partial charge in [0.05, 0.1) is 4.90 Å². The van der Waals surface area contributed by atoms with E-state index in [1.165, 1.54) is 17.4 Å². The first kappa shape index (κ1) is 17.1. The van der Waals surface area contributed by atoms with E-state index in [0.717, 1.165) is 24.3 Å². The molecular weight excluding hydrogens is 300 g/mol. The van der Waals surface area contributed by atoms with Crippen LogP contribution in [-0.4, -0.2) is 62.9 Å². The molecule has 6 nitrogen and oxygen atoms in total. The van der Waals surface area contributed by atoms with E-state index in [1.807, 2.05) is 19.0 Å². The molecule has 0 aliphatic rings. The van der Waals surface area contributed by atoms with E-state index in [1.54, 1.807) is 6.92 Å². The maximum absolute atomic E-state index is 12.4. The molecular formula is C12H20N2O4S2. The molecule has 8 heteroatoms. The predicted molar refractivity (Wildman–Crippen MR) is 79.0 cm³/mol. The average molecular weight is 320 g/mol. The Morgan fingerprint density at radius 3 is 2.35 bits per heavy atom. The molecule has 0 atom stereocenters. The zero-order valence-electron chi connectivity index (χ0n) is 12.1. The standard InChI is InChI=1S/C12H20N2O4S2/c1-9-11(8-10(19-9)12(15)16)20(17,18)14(4)7-5-6-13(2)3/h8H,5-7H2,1-4H3,(H,15,16). The molecule has 0 aliphatic heterocycles. The van der Waals surface area contributed by atoms with Gasteiger partial charge in [0.25, 0.3) is 0 Å². The molecule has 0 saturated heterocycles. The fourth-order valence-corrected chi connectivity index (χ4v) is 4.33. The Labute approximate surface area is 123 Å². The summed E-state index contributed by atoms with van der Waals surface area (Å²) >= 11 is 0.982. The molecule has 0 amide bonds. The summed E-state index contributed by atoms with van der Waals surface area (Å²) in [5.74, 6) is -1.10. The third kappa shape index (κ3) is 4.02. The number of hydrogen-bond donors (Lipinski definition) is 1. The molecule has 20 heavy (non-hydrogen) atoms. The van der Waals surface area contributed by atoms with Crippen LogP contribution < -0.4 is 0 Å². The van der Waals surface area contributed by atoms with E-state index < -0.39 is 16.0 Å². The van der Waals surface area contributed by atoms with Gasteiger partial charge in [0, 0.05) is 18.5 Å². The molecule has 1 aromatic heterocycles. The number of rotatable bonds is 7. The SMILES string of the molecule is Cc1sc(C(=O)O)cc1S(=O)(=O)N(C)CCCN(C)C. The van der Waals surface area contributed by atoms with Gasteiger partial charge in [0.1, 0.15) is 4.88 Å². The molecule has 1 aromatic rings. The van der Waals surface area contributed by atoms with Crippen LogP contribution in [0.3, 0.4) is 0 Å². The van der Waals surface area contributed by atoms with E-state index in [2.05, 4.69) is 0 Å². The number of carboxylic acids is 1. The van der Waals surface area contributed by atoms with Crippen molar-refractivity contribution in [1.29, 1.82) is 0 Å². The van der Waals surface area contributed by atoms with Crippen LogP contribution in [0.1, 0.15) is 21.0 Å². The first-order valence-corrected chi connectivity index (χ1v) is 8.36. The number of carbonyl (C=O) groups is 1. The van der Waals surface area contributed by atoms with E-state index in [-0.39, 0.29) is 9.77 Å². The van der Waals surface area contributed by atoms with Gasteiger partial charge in [-0.2, -0.15) is 0 Å². The number of thiophene rings is 1. The molecule has 0 aliphatic carbocycles. The highest BCUT2D eigenvalue weighted by Crippen LogP contribution is 2.27. The Balaban J connectivity index is 2.90. The number of nitrogens with zero attached hydrogens (tertiary/aromatic N) is 2. The largest absolute Gasteiger partial charge is 0.477 e. The van der Waals surface area contributed by atoms with Crippen LogP contribution in [0.5, 0.6) is 0 Å². The van der Waals surface area contributed by atoms with Crippen LogP contribution in [0, 0.1) is 6.92 Å². The van der Waals surface area contributed by atoms with Crippen molar-refractivity contribution < 1.29 is 18.3 Å². The average Bonchev–Trinajstić information content (AvgIpc) is 2.71. The zero-order valence-corrected chi connectivity index (χ0v) is 13.7. The maximum Gasteiger partial charge on any atom is 0.345 e. The fourth-order valence-electron chi connectivity index (χ4n) is 1.72. The van der Waals surface area contributed by atoms with Crippen LogP contribution in [0.4, 0.5) is 0 Å². The molecule has 0 bridgehead atoms. The van der Waals surface area contributed by atoms with Gasteiger partial charge >= 0.3 is 5.97 Å². The summed E-state index contributed by atoms with van der Waals surface area (Å²) in [5, 5.41) is 8.93. The van der Waals surface area contributed by atoms with Crippen molar-refractivity contribution in [3.8, 4) is 0 Å². The molecule has 0 unspecified atom stereocenters. The van der Waals surface area contributed by atoms with E-state index >= 15 is 0 Å². The lowest BCUT2D eigenvalue weighted by Crippen LogP contribution is -2.30. The second-order valence-corrected chi connectivity index (χ2v) is 8.09. The first-order valence-electron chi connectivity index (χ1n) is 6.11. The van der Waals surface area contributed by atoms with Gasteiger partial charge in [0.2, 0.25) is 10.0 Å². The zero-order chi connectivity index (χ0) is 15.5. The summed E-state index contributed by atoms with van der Waals surface area (Å²) in [7, 11) is 1.75. The van der Waals surface area contributed by atoms with Crippen molar-refractivity contribution in [3.05, 3.63) is 15.8 Å². The van der Waals surface area contributed by atoms with Gasteiger partial charge in [-0.15, -0.1) is 11.3 Å². The fraction of sp³-hybridized carbons (Fsp3) is 0.583. The Kier molecular flexibility index (Phi) is 5.69. The Morgan fingerprint density at radius 2 is 1.90 bits per heavy atom. The van der Waals surface area contributed by atoms with Gasteiger partial charge in [0.15, 0.2) is 0 Å². The number of carboxylic acid groups (broad SMARTS) is 1. The summed E-state index contributed by atoms with van der Waals surface area (Å²) in [4.78, 5) is 13.5. The van der Waals surface area contributed by atoms with Crippen molar-refractivity contribution in [2.75, 3.05) is 34.2 Å². The Morgan fingerprint density at radius 1 is 1.30 bits per heavy atom. The predicted octanol–water partition coefficient (Wildman–Crippen LogP) is 1.33. The normalized spacial score (nSPS) is 12.3.